The molecule has 1 atom stereocenters. The van der Waals surface area contributed by atoms with Gasteiger partial charge in [-0.2, -0.15) is 0 Å². The van der Waals surface area contributed by atoms with E-state index in [9.17, 15) is 0 Å². The fourth-order valence-electron chi connectivity index (χ4n) is 2.39. The van der Waals surface area contributed by atoms with E-state index in [1.54, 1.807) is 21.3 Å². The van der Waals surface area contributed by atoms with Crippen LogP contribution in [-0.2, 0) is 4.74 Å². The Hall–Kier alpha value is -1.26. The first-order chi connectivity index (χ1) is 9.99. The summed E-state index contributed by atoms with van der Waals surface area (Å²) in [5.74, 6) is 1.57. The van der Waals surface area contributed by atoms with Gasteiger partial charge in [-0.15, -0.1) is 0 Å². The Balaban J connectivity index is 3.00. The number of hydrogen-bond acceptors (Lipinski definition) is 4. The molecule has 0 spiro atoms. The first-order valence-corrected chi connectivity index (χ1v) is 7.48. The summed E-state index contributed by atoms with van der Waals surface area (Å²) in [5, 5.41) is 3.53. The standard InChI is InChI=1S/C17H29NO3/c1-7-18-14(11-12-17(2,3)21-6)13-9-8-10-15(19-4)16(13)20-5/h8-10,14,18H,7,11-12H2,1-6H3. The molecular weight excluding hydrogens is 266 g/mol. The molecule has 0 aliphatic rings. The molecule has 0 aromatic heterocycles. The highest BCUT2D eigenvalue weighted by atomic mass is 16.5. The molecule has 1 rings (SSSR count). The summed E-state index contributed by atoms with van der Waals surface area (Å²) >= 11 is 0. The summed E-state index contributed by atoms with van der Waals surface area (Å²) < 4.78 is 16.5. The Morgan fingerprint density at radius 1 is 1.14 bits per heavy atom. The van der Waals surface area contributed by atoms with Gasteiger partial charge in [-0.05, 0) is 39.3 Å². The molecule has 1 aromatic rings. The van der Waals surface area contributed by atoms with Gasteiger partial charge in [-0.25, -0.2) is 0 Å². The lowest BCUT2D eigenvalue weighted by molar-refractivity contribution is 0.0116. The highest BCUT2D eigenvalue weighted by Crippen LogP contribution is 2.37. The molecule has 21 heavy (non-hydrogen) atoms. The van der Waals surface area contributed by atoms with E-state index in [-0.39, 0.29) is 11.6 Å². The van der Waals surface area contributed by atoms with Crippen molar-refractivity contribution < 1.29 is 14.2 Å². The second-order valence-electron chi connectivity index (χ2n) is 5.70. The Bertz CT molecular complexity index is 432. The van der Waals surface area contributed by atoms with Gasteiger partial charge in [0.25, 0.3) is 0 Å². The number of rotatable bonds is 9. The molecule has 0 fully saturated rings. The monoisotopic (exact) mass is 295 g/mol. The van der Waals surface area contributed by atoms with E-state index in [0.717, 1.165) is 36.4 Å². The van der Waals surface area contributed by atoms with E-state index in [1.807, 2.05) is 12.1 Å². The lowest BCUT2D eigenvalue weighted by Gasteiger charge is -2.27. The van der Waals surface area contributed by atoms with E-state index in [1.165, 1.54) is 0 Å². The summed E-state index contributed by atoms with van der Waals surface area (Å²) in [5.41, 5.74) is 1.00. The molecular formula is C17H29NO3. The molecule has 1 N–H and O–H groups in total. The van der Waals surface area contributed by atoms with Crippen LogP contribution in [0.4, 0.5) is 0 Å². The molecule has 0 aliphatic heterocycles. The topological polar surface area (TPSA) is 39.7 Å². The maximum atomic E-state index is 5.56. The lowest BCUT2D eigenvalue weighted by atomic mass is 9.94. The maximum absolute atomic E-state index is 5.56. The van der Waals surface area contributed by atoms with E-state index in [0.29, 0.717) is 0 Å². The van der Waals surface area contributed by atoms with Crippen molar-refractivity contribution in [2.24, 2.45) is 0 Å². The largest absolute Gasteiger partial charge is 0.493 e. The highest BCUT2D eigenvalue weighted by molar-refractivity contribution is 5.48. The third-order valence-electron chi connectivity index (χ3n) is 3.85. The maximum Gasteiger partial charge on any atom is 0.165 e. The van der Waals surface area contributed by atoms with Crippen LogP contribution in [0.2, 0.25) is 0 Å². The van der Waals surface area contributed by atoms with Gasteiger partial charge in [-0.3, -0.25) is 0 Å². The predicted molar refractivity (Wildman–Crippen MR) is 86.3 cm³/mol. The Morgan fingerprint density at radius 3 is 2.38 bits per heavy atom. The van der Waals surface area contributed by atoms with E-state index in [2.05, 4.69) is 32.2 Å². The second kappa shape index (κ2) is 8.25. The molecule has 0 radical (unpaired) electrons. The number of benzene rings is 1. The van der Waals surface area contributed by atoms with E-state index in [4.69, 9.17) is 14.2 Å². The third kappa shape index (κ3) is 4.90. The van der Waals surface area contributed by atoms with Crippen LogP contribution in [0.1, 0.15) is 45.2 Å². The second-order valence-corrected chi connectivity index (χ2v) is 5.70. The number of nitrogens with one attached hydrogen (secondary N) is 1. The van der Waals surface area contributed by atoms with Gasteiger partial charge in [0, 0.05) is 18.7 Å². The van der Waals surface area contributed by atoms with Crippen molar-refractivity contribution in [3.63, 3.8) is 0 Å². The Morgan fingerprint density at radius 2 is 1.86 bits per heavy atom. The van der Waals surface area contributed by atoms with E-state index >= 15 is 0 Å². The van der Waals surface area contributed by atoms with Crippen molar-refractivity contribution in [2.45, 2.75) is 45.3 Å². The van der Waals surface area contributed by atoms with Gasteiger partial charge >= 0.3 is 0 Å². The summed E-state index contributed by atoms with van der Waals surface area (Å²) in [6, 6.07) is 6.23. The molecule has 4 heteroatoms. The molecule has 1 aromatic carbocycles. The quantitative estimate of drug-likeness (QED) is 0.756. The smallest absolute Gasteiger partial charge is 0.165 e. The van der Waals surface area contributed by atoms with Gasteiger partial charge in [0.15, 0.2) is 11.5 Å². The van der Waals surface area contributed by atoms with Gasteiger partial charge in [0.05, 0.1) is 19.8 Å². The molecule has 0 amide bonds. The molecule has 0 saturated carbocycles. The number of para-hydroxylation sites is 1. The third-order valence-corrected chi connectivity index (χ3v) is 3.85. The normalized spacial score (nSPS) is 13.0. The predicted octanol–water partition coefficient (Wildman–Crippen LogP) is 3.56. The summed E-state index contributed by atoms with van der Waals surface area (Å²) in [6.07, 6.45) is 1.93. The average molecular weight is 295 g/mol. The van der Waals surface area contributed by atoms with Gasteiger partial charge in [0.1, 0.15) is 0 Å². The summed E-state index contributed by atoms with van der Waals surface area (Å²) in [6.45, 7) is 7.23. The first-order valence-electron chi connectivity index (χ1n) is 7.48. The number of ether oxygens (including phenoxy) is 3. The zero-order valence-electron chi connectivity index (χ0n) is 14.2. The fourth-order valence-corrected chi connectivity index (χ4v) is 2.39. The van der Waals surface area contributed by atoms with Gasteiger partial charge in [0.2, 0.25) is 0 Å². The highest BCUT2D eigenvalue weighted by Gasteiger charge is 2.23. The van der Waals surface area contributed by atoms with Crippen molar-refractivity contribution in [1.29, 1.82) is 0 Å². The fraction of sp³-hybridized carbons (Fsp3) is 0.647. The summed E-state index contributed by atoms with van der Waals surface area (Å²) in [4.78, 5) is 0. The minimum atomic E-state index is -0.125. The van der Waals surface area contributed by atoms with Crippen LogP contribution >= 0.6 is 0 Å². The van der Waals surface area contributed by atoms with Crippen LogP contribution in [0.3, 0.4) is 0 Å². The minimum Gasteiger partial charge on any atom is -0.493 e. The average Bonchev–Trinajstić information content (AvgIpc) is 2.50. The minimum absolute atomic E-state index is 0.125. The molecule has 0 aliphatic carbocycles. The molecule has 0 bridgehead atoms. The number of methoxy groups -OCH3 is 3. The van der Waals surface area contributed by atoms with Crippen molar-refractivity contribution in [3.8, 4) is 11.5 Å². The first kappa shape index (κ1) is 17.8. The van der Waals surface area contributed by atoms with Crippen LogP contribution in [0.5, 0.6) is 11.5 Å². The summed E-state index contributed by atoms with van der Waals surface area (Å²) in [7, 11) is 5.11. The Kier molecular flexibility index (Phi) is 6.99. The number of hydrogen-bond donors (Lipinski definition) is 1. The van der Waals surface area contributed by atoms with Crippen molar-refractivity contribution in [1.82, 2.24) is 5.32 Å². The lowest BCUT2D eigenvalue weighted by Crippen LogP contribution is -2.27. The van der Waals surface area contributed by atoms with Crippen molar-refractivity contribution in [3.05, 3.63) is 23.8 Å². The van der Waals surface area contributed by atoms with Gasteiger partial charge < -0.3 is 19.5 Å². The van der Waals surface area contributed by atoms with E-state index < -0.39 is 0 Å². The van der Waals surface area contributed by atoms with Crippen molar-refractivity contribution in [2.75, 3.05) is 27.9 Å². The Labute approximate surface area is 128 Å². The van der Waals surface area contributed by atoms with Crippen LogP contribution < -0.4 is 14.8 Å². The van der Waals surface area contributed by atoms with Crippen LogP contribution in [0.25, 0.3) is 0 Å². The van der Waals surface area contributed by atoms with Crippen LogP contribution in [-0.4, -0.2) is 33.5 Å². The van der Waals surface area contributed by atoms with Crippen LogP contribution in [0, 0.1) is 0 Å². The molecule has 0 saturated heterocycles. The van der Waals surface area contributed by atoms with Gasteiger partial charge in [-0.1, -0.05) is 19.1 Å². The molecule has 1 unspecified atom stereocenters. The SMILES string of the molecule is CCNC(CCC(C)(C)OC)c1cccc(OC)c1OC. The molecule has 0 heterocycles. The zero-order chi connectivity index (χ0) is 15.9. The van der Waals surface area contributed by atoms with Crippen LogP contribution in [0.15, 0.2) is 18.2 Å². The van der Waals surface area contributed by atoms with Crippen molar-refractivity contribution >= 4 is 0 Å². The molecule has 120 valence electrons. The zero-order valence-corrected chi connectivity index (χ0v) is 14.2. The molecule has 4 nitrogen and oxygen atoms in total.